The summed E-state index contributed by atoms with van der Waals surface area (Å²) in [7, 11) is -1.11. The summed E-state index contributed by atoms with van der Waals surface area (Å²) in [5.41, 5.74) is 3.10. The Hall–Kier alpha value is -3.91. The van der Waals surface area contributed by atoms with Crippen molar-refractivity contribution >= 4 is 16.0 Å². The normalized spacial score (nSPS) is 13.3. The molecule has 13 nitrogen and oxygen atoms in total. The van der Waals surface area contributed by atoms with Gasteiger partial charge in [0.2, 0.25) is 21.9 Å². The van der Waals surface area contributed by atoms with Crippen LogP contribution < -0.4 is 9.46 Å². The highest BCUT2D eigenvalue weighted by molar-refractivity contribution is 7.93. The molecular formula is C24H30N8O5S. The smallest absolute Gasteiger partial charge is 0.240 e. The Balaban J connectivity index is 1.74. The van der Waals surface area contributed by atoms with Crippen molar-refractivity contribution in [3.63, 3.8) is 0 Å². The summed E-state index contributed by atoms with van der Waals surface area (Å²) in [6.45, 7) is 7.28. The fraction of sp³-hybridized carbons (Fsp3) is 0.417. The Morgan fingerprint density at radius 1 is 1.13 bits per heavy atom. The summed E-state index contributed by atoms with van der Waals surface area (Å²) in [4.78, 5) is 13.0. The average molecular weight is 543 g/mol. The van der Waals surface area contributed by atoms with Gasteiger partial charge in [0.15, 0.2) is 5.82 Å². The molecule has 0 bridgehead atoms. The second-order valence-corrected chi connectivity index (χ2v) is 10.6. The van der Waals surface area contributed by atoms with Crippen LogP contribution in [0.1, 0.15) is 48.4 Å². The largest absolute Gasteiger partial charge is 0.481 e. The molecule has 0 saturated carbocycles. The van der Waals surface area contributed by atoms with Crippen LogP contribution in [0.5, 0.6) is 5.88 Å². The number of pyridine rings is 1. The lowest BCUT2D eigenvalue weighted by molar-refractivity contribution is 0.0985. The summed E-state index contributed by atoms with van der Waals surface area (Å²) in [6, 6.07) is 5.20. The van der Waals surface area contributed by atoms with Crippen molar-refractivity contribution in [2.75, 3.05) is 18.9 Å². The third-order valence-corrected chi connectivity index (χ3v) is 7.82. The molecule has 4 heterocycles. The van der Waals surface area contributed by atoms with Crippen LogP contribution in [-0.2, 0) is 27.7 Å². The molecule has 0 aliphatic heterocycles. The van der Waals surface area contributed by atoms with Crippen molar-refractivity contribution in [2.24, 2.45) is 0 Å². The van der Waals surface area contributed by atoms with Gasteiger partial charge in [-0.2, -0.15) is 0 Å². The van der Waals surface area contributed by atoms with E-state index in [1.165, 1.54) is 27.3 Å². The van der Waals surface area contributed by atoms with Gasteiger partial charge < -0.3 is 14.0 Å². The molecule has 0 aromatic carbocycles. The Labute approximate surface area is 220 Å². The molecule has 0 aliphatic rings. The summed E-state index contributed by atoms with van der Waals surface area (Å²) < 4.78 is 47.5. The molecule has 2 atom stereocenters. The molecule has 4 aromatic rings. The maximum absolute atomic E-state index is 13.5. The zero-order chi connectivity index (χ0) is 27.4. The van der Waals surface area contributed by atoms with Gasteiger partial charge in [-0.1, -0.05) is 18.1 Å². The molecule has 14 heteroatoms. The van der Waals surface area contributed by atoms with Crippen molar-refractivity contribution in [3.8, 4) is 17.4 Å². The van der Waals surface area contributed by atoms with Crippen molar-refractivity contribution in [3.05, 3.63) is 59.0 Å². The predicted molar refractivity (Wildman–Crippen MR) is 138 cm³/mol. The Kier molecular flexibility index (Phi) is 8.02. The third kappa shape index (κ3) is 5.50. The number of methoxy groups -OCH3 is 2. The van der Waals surface area contributed by atoms with Gasteiger partial charge in [-0.3, -0.25) is 19.3 Å². The van der Waals surface area contributed by atoms with Crippen LogP contribution in [0.2, 0.25) is 0 Å². The summed E-state index contributed by atoms with van der Waals surface area (Å²) >= 11 is 0. The van der Waals surface area contributed by atoms with Crippen molar-refractivity contribution in [2.45, 2.75) is 52.0 Å². The van der Waals surface area contributed by atoms with Crippen LogP contribution in [0.4, 0.5) is 5.95 Å². The molecule has 4 aromatic heterocycles. The van der Waals surface area contributed by atoms with E-state index in [1.807, 2.05) is 6.92 Å². The monoisotopic (exact) mass is 542 g/mol. The van der Waals surface area contributed by atoms with Gasteiger partial charge in [-0.05, 0) is 33.3 Å². The Morgan fingerprint density at radius 2 is 1.92 bits per heavy atom. The number of nitrogens with zero attached hydrogens (tertiary/aromatic N) is 7. The number of aromatic nitrogens is 7. The number of hydrogen-bond donors (Lipinski definition) is 1. The SMILES string of the molecule is CCc1noc(C)c1Cn1c(NS(=O)(=O)[C@@H](C)C(OC)c2cnc(C)cn2)nnc1-c1cccc(OC)n1. The van der Waals surface area contributed by atoms with E-state index in [-0.39, 0.29) is 12.5 Å². The minimum atomic E-state index is -4.04. The molecule has 0 fully saturated rings. The van der Waals surface area contributed by atoms with Crippen molar-refractivity contribution < 1.29 is 22.4 Å². The minimum Gasteiger partial charge on any atom is -0.481 e. The number of rotatable bonds is 11. The molecule has 0 saturated heterocycles. The molecule has 0 aliphatic carbocycles. The lowest BCUT2D eigenvalue weighted by atomic mass is 10.1. The maximum atomic E-state index is 13.5. The second kappa shape index (κ2) is 11.2. The fourth-order valence-electron chi connectivity index (χ4n) is 3.93. The van der Waals surface area contributed by atoms with Gasteiger partial charge in [0.25, 0.3) is 0 Å². The van der Waals surface area contributed by atoms with Crippen molar-refractivity contribution in [1.82, 2.24) is 34.9 Å². The first-order chi connectivity index (χ1) is 18.2. The quantitative estimate of drug-likeness (QED) is 0.297. The highest BCUT2D eigenvalue weighted by atomic mass is 32.2. The van der Waals surface area contributed by atoms with Gasteiger partial charge in [0, 0.05) is 24.9 Å². The molecule has 1 N–H and O–H groups in total. The van der Waals surface area contributed by atoms with Crippen LogP contribution in [0.3, 0.4) is 0 Å². The van der Waals surface area contributed by atoms with Crippen LogP contribution in [0.15, 0.2) is 35.1 Å². The van der Waals surface area contributed by atoms with E-state index in [9.17, 15) is 8.42 Å². The van der Waals surface area contributed by atoms with E-state index in [2.05, 4.69) is 35.0 Å². The van der Waals surface area contributed by atoms with Crippen molar-refractivity contribution in [1.29, 1.82) is 0 Å². The molecule has 0 amide bonds. The molecule has 38 heavy (non-hydrogen) atoms. The van der Waals surface area contributed by atoms with Gasteiger partial charge in [0.1, 0.15) is 22.8 Å². The first-order valence-electron chi connectivity index (χ1n) is 11.9. The molecule has 0 radical (unpaired) electrons. The lowest BCUT2D eigenvalue weighted by Crippen LogP contribution is -2.33. The number of sulfonamides is 1. The van der Waals surface area contributed by atoms with Crippen LogP contribution >= 0.6 is 0 Å². The second-order valence-electron chi connectivity index (χ2n) is 8.61. The zero-order valence-corrected chi connectivity index (χ0v) is 22.9. The van der Waals surface area contributed by atoms with E-state index in [0.717, 1.165) is 11.3 Å². The first kappa shape index (κ1) is 27.1. The fourth-order valence-corrected chi connectivity index (χ4v) is 5.10. The zero-order valence-electron chi connectivity index (χ0n) is 22.0. The molecule has 4 rings (SSSR count). The third-order valence-electron chi connectivity index (χ3n) is 6.13. The Bertz CT molecular complexity index is 1500. The first-order valence-corrected chi connectivity index (χ1v) is 13.4. The van der Waals surface area contributed by atoms with Gasteiger partial charge in [-0.25, -0.2) is 13.4 Å². The maximum Gasteiger partial charge on any atom is 0.240 e. The summed E-state index contributed by atoms with van der Waals surface area (Å²) in [5.74, 6) is 1.33. The molecule has 1 unspecified atom stereocenters. The van der Waals surface area contributed by atoms with Gasteiger partial charge in [0.05, 0.1) is 36.9 Å². The van der Waals surface area contributed by atoms with Gasteiger partial charge >= 0.3 is 0 Å². The number of nitrogens with one attached hydrogen (secondary N) is 1. The van der Waals surface area contributed by atoms with E-state index in [4.69, 9.17) is 14.0 Å². The minimum absolute atomic E-state index is 0.00367. The highest BCUT2D eigenvalue weighted by Gasteiger charge is 2.34. The number of anilines is 1. The van der Waals surface area contributed by atoms with E-state index >= 15 is 0 Å². The van der Waals surface area contributed by atoms with E-state index < -0.39 is 21.4 Å². The molecule has 202 valence electrons. The molecule has 0 spiro atoms. The van der Waals surface area contributed by atoms with E-state index in [0.29, 0.717) is 41.0 Å². The number of aryl methyl sites for hydroxylation is 3. The van der Waals surface area contributed by atoms with Gasteiger partial charge in [-0.15, -0.1) is 10.2 Å². The summed E-state index contributed by atoms with van der Waals surface area (Å²) in [5, 5.41) is 11.5. The number of hydrogen-bond acceptors (Lipinski definition) is 11. The van der Waals surface area contributed by atoms with Crippen LogP contribution in [0, 0.1) is 13.8 Å². The summed E-state index contributed by atoms with van der Waals surface area (Å²) in [6.07, 6.45) is 2.83. The van der Waals surface area contributed by atoms with Crippen LogP contribution in [-0.4, -0.2) is 62.8 Å². The molecular weight excluding hydrogens is 512 g/mol. The van der Waals surface area contributed by atoms with E-state index in [1.54, 1.807) is 42.8 Å². The highest BCUT2D eigenvalue weighted by Crippen LogP contribution is 2.28. The average Bonchev–Trinajstić information content (AvgIpc) is 3.47. The van der Waals surface area contributed by atoms with Crippen LogP contribution in [0.25, 0.3) is 11.5 Å². The number of ether oxygens (including phenoxy) is 2. The predicted octanol–water partition coefficient (Wildman–Crippen LogP) is 2.87. The standard InChI is InChI=1S/C24H30N8O5S/c1-7-18-17(15(3)37-30-18)13-32-23(19-9-8-10-21(27-19)35-5)28-29-24(32)31-38(33,34)16(4)22(36-6)20-12-25-14(2)11-26-20/h8-12,16,22H,7,13H2,1-6H3,(H,29,31)/t16-,22?/m0/s1. The lowest BCUT2D eigenvalue weighted by Gasteiger charge is -2.22. The Morgan fingerprint density at radius 3 is 2.58 bits per heavy atom. The topological polar surface area (TPSA) is 160 Å².